The molecule has 0 aliphatic rings. The Morgan fingerprint density at radius 1 is 1.04 bits per heavy atom. The molecule has 0 aliphatic carbocycles. The highest BCUT2D eigenvalue weighted by Gasteiger charge is 2.20. The summed E-state index contributed by atoms with van der Waals surface area (Å²) in [7, 11) is 4.77. The summed E-state index contributed by atoms with van der Waals surface area (Å²) in [5, 5.41) is 0. The van der Waals surface area contributed by atoms with Crippen LogP contribution in [0.5, 0.6) is 11.5 Å². The minimum atomic E-state index is -0.878. The quantitative estimate of drug-likeness (QED) is 0.517. The molecule has 0 saturated carbocycles. The van der Waals surface area contributed by atoms with Gasteiger partial charge < -0.3 is 19.1 Å². The molecular weight excluding hydrogens is 358 g/mol. The van der Waals surface area contributed by atoms with Gasteiger partial charge in [-0.3, -0.25) is 4.79 Å². The molecule has 1 amide bonds. The largest absolute Gasteiger partial charge is 0.493 e. The van der Waals surface area contributed by atoms with E-state index in [-0.39, 0.29) is 5.91 Å². The van der Waals surface area contributed by atoms with Gasteiger partial charge in [0, 0.05) is 19.7 Å². The fourth-order valence-corrected chi connectivity index (χ4v) is 2.63. The zero-order chi connectivity index (χ0) is 20.5. The third-order valence-electron chi connectivity index (χ3n) is 4.10. The minimum Gasteiger partial charge on any atom is -0.493 e. The Labute approximate surface area is 165 Å². The summed E-state index contributed by atoms with van der Waals surface area (Å²) in [6, 6.07) is 14.9. The maximum Gasteiger partial charge on any atom is 0.331 e. The Morgan fingerprint density at radius 2 is 1.71 bits per heavy atom. The average Bonchev–Trinajstić information content (AvgIpc) is 2.71. The van der Waals surface area contributed by atoms with E-state index in [0.29, 0.717) is 18.0 Å². The molecule has 0 fully saturated rings. The standard InChI is InChI=1S/C22H25NO5/c1-16(22(25)23(2)15-18-8-6-5-7-9-18)28-21(24)13-11-17-10-12-19(26-3)20(14-17)27-4/h5-14,16H,15H2,1-4H3/b13-11+/t16-/m1/s1. The van der Waals surface area contributed by atoms with Gasteiger partial charge in [-0.2, -0.15) is 0 Å². The average molecular weight is 383 g/mol. The van der Waals surface area contributed by atoms with Crippen LogP contribution in [0.1, 0.15) is 18.1 Å². The number of rotatable bonds is 8. The Kier molecular flexibility index (Phi) is 7.63. The number of hydrogen-bond donors (Lipinski definition) is 0. The predicted octanol–water partition coefficient (Wildman–Crippen LogP) is 3.31. The number of methoxy groups -OCH3 is 2. The summed E-state index contributed by atoms with van der Waals surface area (Å²) in [6.45, 7) is 2.01. The third-order valence-corrected chi connectivity index (χ3v) is 4.10. The van der Waals surface area contributed by atoms with Crippen LogP contribution in [0.3, 0.4) is 0 Å². The van der Waals surface area contributed by atoms with Gasteiger partial charge in [-0.15, -0.1) is 0 Å². The number of hydrogen-bond acceptors (Lipinski definition) is 5. The fourth-order valence-electron chi connectivity index (χ4n) is 2.63. The van der Waals surface area contributed by atoms with Crippen molar-refractivity contribution in [3.05, 3.63) is 65.7 Å². The van der Waals surface area contributed by atoms with E-state index in [1.807, 2.05) is 30.3 Å². The minimum absolute atomic E-state index is 0.267. The van der Waals surface area contributed by atoms with Crippen molar-refractivity contribution >= 4 is 18.0 Å². The maximum absolute atomic E-state index is 12.4. The molecule has 0 aliphatic heterocycles. The number of amides is 1. The lowest BCUT2D eigenvalue weighted by Crippen LogP contribution is -2.36. The van der Waals surface area contributed by atoms with Crippen LogP contribution >= 0.6 is 0 Å². The number of likely N-dealkylation sites (N-methyl/N-ethyl adjacent to an activating group) is 1. The van der Waals surface area contributed by atoms with E-state index in [4.69, 9.17) is 14.2 Å². The highest BCUT2D eigenvalue weighted by atomic mass is 16.5. The van der Waals surface area contributed by atoms with E-state index in [0.717, 1.165) is 11.1 Å². The molecule has 0 unspecified atom stereocenters. The second-order valence-corrected chi connectivity index (χ2v) is 6.21. The lowest BCUT2D eigenvalue weighted by molar-refractivity contribution is -0.154. The van der Waals surface area contributed by atoms with Gasteiger partial charge in [0.05, 0.1) is 14.2 Å². The monoisotopic (exact) mass is 383 g/mol. The van der Waals surface area contributed by atoms with Crippen molar-refractivity contribution in [2.24, 2.45) is 0 Å². The molecule has 2 aromatic carbocycles. The molecule has 148 valence electrons. The van der Waals surface area contributed by atoms with Gasteiger partial charge in [0.25, 0.3) is 5.91 Å². The number of ether oxygens (including phenoxy) is 3. The molecule has 0 heterocycles. The Hall–Kier alpha value is -3.28. The van der Waals surface area contributed by atoms with Crippen molar-refractivity contribution in [1.82, 2.24) is 4.90 Å². The van der Waals surface area contributed by atoms with Crippen molar-refractivity contribution in [3.8, 4) is 11.5 Å². The van der Waals surface area contributed by atoms with Gasteiger partial charge in [0.15, 0.2) is 17.6 Å². The summed E-state index contributed by atoms with van der Waals surface area (Å²) < 4.78 is 15.6. The van der Waals surface area contributed by atoms with Gasteiger partial charge in [-0.05, 0) is 36.3 Å². The van der Waals surface area contributed by atoms with E-state index in [9.17, 15) is 9.59 Å². The molecule has 0 N–H and O–H groups in total. The fraction of sp³-hybridized carbons (Fsp3) is 0.273. The molecule has 0 saturated heterocycles. The lowest BCUT2D eigenvalue weighted by atomic mass is 10.2. The van der Waals surface area contributed by atoms with E-state index in [1.165, 1.54) is 11.0 Å². The summed E-state index contributed by atoms with van der Waals surface area (Å²) in [5.41, 5.74) is 1.75. The van der Waals surface area contributed by atoms with Crippen LogP contribution in [-0.4, -0.2) is 44.1 Å². The Morgan fingerprint density at radius 3 is 2.36 bits per heavy atom. The van der Waals surface area contributed by atoms with Crippen LogP contribution in [0, 0.1) is 0 Å². The summed E-state index contributed by atoms with van der Waals surface area (Å²) in [6.07, 6.45) is 1.99. The smallest absolute Gasteiger partial charge is 0.331 e. The molecule has 28 heavy (non-hydrogen) atoms. The lowest BCUT2D eigenvalue weighted by Gasteiger charge is -2.21. The molecule has 0 radical (unpaired) electrons. The van der Waals surface area contributed by atoms with Crippen molar-refractivity contribution in [3.63, 3.8) is 0 Å². The van der Waals surface area contributed by atoms with Gasteiger partial charge in [0.1, 0.15) is 0 Å². The van der Waals surface area contributed by atoms with Crippen molar-refractivity contribution in [2.45, 2.75) is 19.6 Å². The molecule has 2 aromatic rings. The molecule has 2 rings (SSSR count). The predicted molar refractivity (Wildman–Crippen MR) is 107 cm³/mol. The second-order valence-electron chi connectivity index (χ2n) is 6.21. The molecule has 0 spiro atoms. The van der Waals surface area contributed by atoms with Crippen molar-refractivity contribution in [2.75, 3.05) is 21.3 Å². The van der Waals surface area contributed by atoms with Gasteiger partial charge in [0.2, 0.25) is 0 Å². The zero-order valence-electron chi connectivity index (χ0n) is 16.5. The van der Waals surface area contributed by atoms with Gasteiger partial charge in [-0.25, -0.2) is 4.79 Å². The Bertz CT molecular complexity index is 832. The van der Waals surface area contributed by atoms with Crippen LogP contribution in [0.2, 0.25) is 0 Å². The number of benzene rings is 2. The first-order valence-electron chi connectivity index (χ1n) is 8.84. The van der Waals surface area contributed by atoms with Gasteiger partial charge in [-0.1, -0.05) is 36.4 Å². The number of esters is 1. The summed E-state index contributed by atoms with van der Waals surface area (Å²) >= 11 is 0. The Balaban J connectivity index is 1.92. The van der Waals surface area contributed by atoms with E-state index in [2.05, 4.69) is 0 Å². The molecular formula is C22H25NO5. The highest BCUT2D eigenvalue weighted by molar-refractivity contribution is 5.90. The van der Waals surface area contributed by atoms with E-state index >= 15 is 0 Å². The number of carbonyl (C=O) groups is 2. The third kappa shape index (κ3) is 5.87. The van der Waals surface area contributed by atoms with Crippen LogP contribution in [0.4, 0.5) is 0 Å². The molecule has 0 bridgehead atoms. The summed E-state index contributed by atoms with van der Waals surface area (Å²) in [5.74, 6) is 0.299. The second kappa shape index (κ2) is 10.2. The van der Waals surface area contributed by atoms with Crippen molar-refractivity contribution in [1.29, 1.82) is 0 Å². The first-order chi connectivity index (χ1) is 13.4. The normalized spacial score (nSPS) is 11.7. The van der Waals surface area contributed by atoms with Gasteiger partial charge >= 0.3 is 5.97 Å². The van der Waals surface area contributed by atoms with Crippen LogP contribution in [0.15, 0.2) is 54.6 Å². The SMILES string of the molecule is COc1ccc(/C=C/C(=O)O[C@H](C)C(=O)N(C)Cc2ccccc2)cc1OC. The first-order valence-corrected chi connectivity index (χ1v) is 8.84. The van der Waals surface area contributed by atoms with Crippen molar-refractivity contribution < 1.29 is 23.8 Å². The molecule has 6 heteroatoms. The molecule has 6 nitrogen and oxygen atoms in total. The summed E-state index contributed by atoms with van der Waals surface area (Å²) in [4.78, 5) is 26.0. The topological polar surface area (TPSA) is 65.1 Å². The van der Waals surface area contributed by atoms with Crippen LogP contribution in [0.25, 0.3) is 6.08 Å². The highest BCUT2D eigenvalue weighted by Crippen LogP contribution is 2.27. The van der Waals surface area contributed by atoms with E-state index < -0.39 is 12.1 Å². The molecule has 1 atom stereocenters. The van der Waals surface area contributed by atoms with E-state index in [1.54, 1.807) is 52.5 Å². The zero-order valence-corrected chi connectivity index (χ0v) is 16.5. The maximum atomic E-state index is 12.4. The van der Waals surface area contributed by atoms with Crippen LogP contribution < -0.4 is 9.47 Å². The van der Waals surface area contributed by atoms with Crippen LogP contribution in [-0.2, 0) is 20.9 Å². The molecule has 0 aromatic heterocycles. The number of nitrogens with zero attached hydrogens (tertiary/aromatic N) is 1. The number of carbonyl (C=O) groups excluding carboxylic acids is 2. The first kappa shape index (κ1) is 21.0.